The lowest BCUT2D eigenvalue weighted by molar-refractivity contribution is -0.121. The summed E-state index contributed by atoms with van der Waals surface area (Å²) in [5.41, 5.74) is 4.91. The fraction of sp³-hybridized carbons (Fsp3) is 0.833. The van der Waals surface area contributed by atoms with Crippen LogP contribution in [0.3, 0.4) is 0 Å². The van der Waals surface area contributed by atoms with Crippen molar-refractivity contribution >= 4 is 5.91 Å². The van der Waals surface area contributed by atoms with E-state index in [9.17, 15) is 4.79 Å². The van der Waals surface area contributed by atoms with Gasteiger partial charge in [-0.15, -0.1) is 0 Å². The molecule has 0 aliphatic carbocycles. The minimum absolute atomic E-state index is 0. The highest BCUT2D eigenvalue weighted by molar-refractivity contribution is 5.76. The molecule has 0 aliphatic heterocycles. The Balaban J connectivity index is 0. The molecule has 2 N–H and O–H groups in total. The standard InChI is InChI=1S/C5H11NO.CH4/c1-3-4(2)5(6)7;/h4H,3H2,1-2H3,(H2,6,7);1H4. The highest BCUT2D eigenvalue weighted by atomic mass is 16.1. The topological polar surface area (TPSA) is 43.1 Å². The zero-order chi connectivity index (χ0) is 5.86. The third kappa shape index (κ3) is 3.65. The predicted octanol–water partition coefficient (Wildman–Crippen LogP) is 1.15. The number of primary amides is 1. The van der Waals surface area contributed by atoms with Crippen LogP contribution >= 0.6 is 0 Å². The summed E-state index contributed by atoms with van der Waals surface area (Å²) >= 11 is 0. The molecule has 2 heteroatoms. The van der Waals surface area contributed by atoms with E-state index in [1.807, 2.05) is 13.8 Å². The molecule has 2 nitrogen and oxygen atoms in total. The van der Waals surface area contributed by atoms with E-state index in [-0.39, 0.29) is 19.3 Å². The summed E-state index contributed by atoms with van der Waals surface area (Å²) in [7, 11) is 0. The van der Waals surface area contributed by atoms with Crippen LogP contribution in [-0.2, 0) is 4.79 Å². The Bertz CT molecular complexity index is 70.9. The van der Waals surface area contributed by atoms with Crippen molar-refractivity contribution in [2.75, 3.05) is 0 Å². The molecule has 1 unspecified atom stereocenters. The first-order valence-electron chi connectivity index (χ1n) is 2.47. The van der Waals surface area contributed by atoms with Gasteiger partial charge in [0, 0.05) is 5.92 Å². The second-order valence-corrected chi connectivity index (χ2v) is 1.71. The van der Waals surface area contributed by atoms with Crippen molar-refractivity contribution in [3.05, 3.63) is 0 Å². The monoisotopic (exact) mass is 117 g/mol. The summed E-state index contributed by atoms with van der Waals surface area (Å²) in [6, 6.07) is 0. The van der Waals surface area contributed by atoms with Crippen LogP contribution in [0, 0.1) is 5.92 Å². The van der Waals surface area contributed by atoms with Crippen LogP contribution in [-0.4, -0.2) is 5.91 Å². The molecule has 0 aliphatic rings. The molecule has 0 radical (unpaired) electrons. The van der Waals surface area contributed by atoms with E-state index < -0.39 is 0 Å². The lowest BCUT2D eigenvalue weighted by Crippen LogP contribution is -2.19. The van der Waals surface area contributed by atoms with Crippen LogP contribution < -0.4 is 5.73 Å². The Kier molecular flexibility index (Phi) is 6.04. The zero-order valence-corrected chi connectivity index (χ0v) is 4.77. The number of rotatable bonds is 2. The number of amides is 1. The summed E-state index contributed by atoms with van der Waals surface area (Å²) in [6.45, 7) is 3.76. The third-order valence-corrected chi connectivity index (χ3v) is 1.10. The van der Waals surface area contributed by atoms with E-state index in [1.165, 1.54) is 0 Å². The van der Waals surface area contributed by atoms with Gasteiger partial charge in [-0.2, -0.15) is 0 Å². The first-order valence-corrected chi connectivity index (χ1v) is 2.47. The van der Waals surface area contributed by atoms with Crippen molar-refractivity contribution in [2.24, 2.45) is 11.7 Å². The summed E-state index contributed by atoms with van der Waals surface area (Å²) in [6.07, 6.45) is 0.843. The average Bonchev–Trinajstić information content (AvgIpc) is 1.65. The van der Waals surface area contributed by atoms with E-state index in [4.69, 9.17) is 5.73 Å². The maximum Gasteiger partial charge on any atom is 0.220 e. The Morgan fingerprint density at radius 2 is 2.12 bits per heavy atom. The maximum atomic E-state index is 10.2. The smallest absolute Gasteiger partial charge is 0.220 e. The van der Waals surface area contributed by atoms with E-state index in [0.29, 0.717) is 0 Å². The van der Waals surface area contributed by atoms with E-state index in [0.717, 1.165) is 6.42 Å². The highest BCUT2D eigenvalue weighted by Gasteiger charge is 2.02. The molecule has 0 rings (SSSR count). The third-order valence-electron chi connectivity index (χ3n) is 1.10. The fourth-order valence-corrected chi connectivity index (χ4v) is 0.201. The summed E-state index contributed by atoms with van der Waals surface area (Å²) in [5, 5.41) is 0. The summed E-state index contributed by atoms with van der Waals surface area (Å²) in [5.74, 6) is -0.164. The minimum Gasteiger partial charge on any atom is -0.369 e. The molecule has 0 aromatic heterocycles. The van der Waals surface area contributed by atoms with Gasteiger partial charge >= 0.3 is 0 Å². The van der Waals surface area contributed by atoms with E-state index in [1.54, 1.807) is 0 Å². The molecule has 0 heterocycles. The van der Waals surface area contributed by atoms with Crippen molar-refractivity contribution in [3.8, 4) is 0 Å². The minimum atomic E-state index is -0.206. The van der Waals surface area contributed by atoms with Gasteiger partial charge in [-0.25, -0.2) is 0 Å². The molecule has 1 atom stereocenters. The number of hydrogen-bond donors (Lipinski definition) is 1. The van der Waals surface area contributed by atoms with Crippen LogP contribution in [0.15, 0.2) is 0 Å². The Labute approximate surface area is 51.1 Å². The number of carbonyl (C=O) groups is 1. The number of nitrogens with two attached hydrogens (primary N) is 1. The molecule has 50 valence electrons. The molecule has 0 saturated carbocycles. The van der Waals surface area contributed by atoms with Gasteiger partial charge < -0.3 is 5.73 Å². The van der Waals surface area contributed by atoms with Crippen molar-refractivity contribution in [2.45, 2.75) is 27.7 Å². The van der Waals surface area contributed by atoms with Crippen molar-refractivity contribution in [1.82, 2.24) is 0 Å². The van der Waals surface area contributed by atoms with Crippen LogP contribution in [0.4, 0.5) is 0 Å². The van der Waals surface area contributed by atoms with Crippen molar-refractivity contribution in [1.29, 1.82) is 0 Å². The first kappa shape index (κ1) is 10.5. The van der Waals surface area contributed by atoms with Crippen LogP contribution in [0.5, 0.6) is 0 Å². The van der Waals surface area contributed by atoms with Gasteiger partial charge in [0.25, 0.3) is 0 Å². The highest BCUT2D eigenvalue weighted by Crippen LogP contribution is 1.96. The molecule has 0 spiro atoms. The number of carbonyl (C=O) groups excluding carboxylic acids is 1. The van der Waals surface area contributed by atoms with Gasteiger partial charge in [0.2, 0.25) is 5.91 Å². The second kappa shape index (κ2) is 4.62. The normalized spacial score (nSPS) is 11.8. The van der Waals surface area contributed by atoms with Gasteiger partial charge in [-0.1, -0.05) is 21.3 Å². The average molecular weight is 117 g/mol. The molecule has 0 aromatic rings. The van der Waals surface area contributed by atoms with Gasteiger partial charge in [-0.05, 0) is 6.42 Å². The van der Waals surface area contributed by atoms with Crippen LogP contribution in [0.2, 0.25) is 0 Å². The summed E-state index contributed by atoms with van der Waals surface area (Å²) in [4.78, 5) is 10.2. The van der Waals surface area contributed by atoms with Crippen molar-refractivity contribution < 1.29 is 4.79 Å². The Morgan fingerprint density at radius 3 is 2.12 bits per heavy atom. The van der Waals surface area contributed by atoms with Crippen LogP contribution in [0.1, 0.15) is 27.7 Å². The quantitative estimate of drug-likeness (QED) is 0.579. The molecule has 0 saturated heterocycles. The molecule has 1 amide bonds. The lowest BCUT2D eigenvalue weighted by Gasteiger charge is -1.98. The zero-order valence-electron chi connectivity index (χ0n) is 4.77. The van der Waals surface area contributed by atoms with E-state index >= 15 is 0 Å². The molecule has 8 heavy (non-hydrogen) atoms. The van der Waals surface area contributed by atoms with Crippen LogP contribution in [0.25, 0.3) is 0 Å². The van der Waals surface area contributed by atoms with Crippen molar-refractivity contribution in [3.63, 3.8) is 0 Å². The second-order valence-electron chi connectivity index (χ2n) is 1.71. The predicted molar refractivity (Wildman–Crippen MR) is 35.4 cm³/mol. The molecular weight excluding hydrogens is 102 g/mol. The fourth-order valence-electron chi connectivity index (χ4n) is 0.201. The van der Waals surface area contributed by atoms with Gasteiger partial charge in [0.15, 0.2) is 0 Å². The maximum absolute atomic E-state index is 10.2. The molecule has 0 fully saturated rings. The summed E-state index contributed by atoms with van der Waals surface area (Å²) < 4.78 is 0. The van der Waals surface area contributed by atoms with E-state index in [2.05, 4.69) is 0 Å². The Hall–Kier alpha value is -0.530. The molecule has 0 aromatic carbocycles. The van der Waals surface area contributed by atoms with Gasteiger partial charge in [0.1, 0.15) is 0 Å². The van der Waals surface area contributed by atoms with Gasteiger partial charge in [0.05, 0.1) is 0 Å². The SMILES string of the molecule is C.CCC(C)C(N)=O. The lowest BCUT2D eigenvalue weighted by atomic mass is 10.1. The van der Waals surface area contributed by atoms with Gasteiger partial charge in [-0.3, -0.25) is 4.79 Å². The number of hydrogen-bond acceptors (Lipinski definition) is 1. The largest absolute Gasteiger partial charge is 0.369 e. The molecular formula is C6H15NO. The molecule has 0 bridgehead atoms. The Morgan fingerprint density at radius 1 is 1.75 bits per heavy atom. The first-order chi connectivity index (χ1) is 3.18.